The summed E-state index contributed by atoms with van der Waals surface area (Å²) in [6.07, 6.45) is -2.46. The lowest BCUT2D eigenvalue weighted by Gasteiger charge is -2.15. The number of nitrogens with one attached hydrogen (secondary N) is 2. The highest BCUT2D eigenvalue weighted by molar-refractivity contribution is 6.04. The number of hydrogen-bond acceptors (Lipinski definition) is 6. The van der Waals surface area contributed by atoms with Crippen molar-refractivity contribution in [2.24, 2.45) is 0 Å². The molecule has 174 valence electrons. The van der Waals surface area contributed by atoms with E-state index in [1.807, 2.05) is 18.2 Å². The maximum absolute atomic E-state index is 13.6. The number of hydrogen-bond donors (Lipinski definition) is 2. The maximum atomic E-state index is 13.6. The number of halogens is 3. The summed E-state index contributed by atoms with van der Waals surface area (Å²) in [6.45, 7) is 0. The van der Waals surface area contributed by atoms with E-state index < -0.39 is 29.2 Å². The Morgan fingerprint density at radius 1 is 1.00 bits per heavy atom. The first kappa shape index (κ1) is 22.8. The number of aromatic nitrogens is 2. The minimum atomic E-state index is -4.77. The van der Waals surface area contributed by atoms with E-state index in [0.29, 0.717) is 5.82 Å². The second kappa shape index (κ2) is 9.61. The van der Waals surface area contributed by atoms with E-state index in [9.17, 15) is 22.8 Å². The molecule has 0 atom stereocenters. The van der Waals surface area contributed by atoms with Crippen LogP contribution in [0.1, 0.15) is 28.2 Å². The average molecular weight is 470 g/mol. The number of carbonyl (C=O) groups is 2. The Kier molecular flexibility index (Phi) is 6.44. The van der Waals surface area contributed by atoms with Gasteiger partial charge in [-0.3, -0.25) is 9.59 Å². The molecule has 0 saturated heterocycles. The van der Waals surface area contributed by atoms with E-state index in [2.05, 4.69) is 20.8 Å². The van der Waals surface area contributed by atoms with Gasteiger partial charge in [0.2, 0.25) is 17.6 Å². The molecule has 2 N–H and O–H groups in total. The SMILES string of the molecule is O=C(CCc1nc(-c2ccccc2)no1)Nc1ccc(NC(=O)c2ccoc2)cc1C(F)(F)F. The predicted octanol–water partition coefficient (Wildman–Crippen LogP) is 5.17. The van der Waals surface area contributed by atoms with Gasteiger partial charge in [-0.2, -0.15) is 18.2 Å². The molecule has 34 heavy (non-hydrogen) atoms. The zero-order valence-electron chi connectivity index (χ0n) is 17.4. The maximum Gasteiger partial charge on any atom is 0.418 e. The van der Waals surface area contributed by atoms with Crippen molar-refractivity contribution in [2.45, 2.75) is 19.0 Å². The topological polar surface area (TPSA) is 110 Å². The molecule has 2 aromatic carbocycles. The molecular formula is C23H17F3N4O4. The highest BCUT2D eigenvalue weighted by Crippen LogP contribution is 2.36. The van der Waals surface area contributed by atoms with E-state index in [0.717, 1.165) is 17.7 Å². The third-order valence-corrected chi connectivity index (χ3v) is 4.71. The van der Waals surface area contributed by atoms with Crippen LogP contribution in [0.25, 0.3) is 11.4 Å². The fourth-order valence-electron chi connectivity index (χ4n) is 3.06. The third kappa shape index (κ3) is 5.49. The summed E-state index contributed by atoms with van der Waals surface area (Å²) in [4.78, 5) is 28.6. The van der Waals surface area contributed by atoms with Crippen molar-refractivity contribution >= 4 is 23.2 Å². The monoisotopic (exact) mass is 470 g/mol. The van der Waals surface area contributed by atoms with Crippen LogP contribution >= 0.6 is 0 Å². The van der Waals surface area contributed by atoms with E-state index >= 15 is 0 Å². The normalized spacial score (nSPS) is 11.3. The van der Waals surface area contributed by atoms with Gasteiger partial charge in [0.05, 0.1) is 23.1 Å². The van der Waals surface area contributed by atoms with Crippen molar-refractivity contribution in [3.05, 3.63) is 84.1 Å². The van der Waals surface area contributed by atoms with Crippen LogP contribution in [0.15, 0.2) is 76.1 Å². The van der Waals surface area contributed by atoms with Gasteiger partial charge in [0.25, 0.3) is 5.91 Å². The highest BCUT2D eigenvalue weighted by Gasteiger charge is 2.34. The first-order chi connectivity index (χ1) is 16.3. The molecule has 0 spiro atoms. The van der Waals surface area contributed by atoms with Gasteiger partial charge in [-0.15, -0.1) is 0 Å². The summed E-state index contributed by atoms with van der Waals surface area (Å²) in [5.41, 5.74) is -0.737. The molecule has 8 nitrogen and oxygen atoms in total. The Morgan fingerprint density at radius 3 is 2.50 bits per heavy atom. The lowest BCUT2D eigenvalue weighted by molar-refractivity contribution is -0.136. The molecule has 0 unspecified atom stereocenters. The second-order valence-electron chi connectivity index (χ2n) is 7.15. The molecule has 2 amide bonds. The smallest absolute Gasteiger partial charge is 0.418 e. The van der Waals surface area contributed by atoms with Crippen LogP contribution in [-0.2, 0) is 17.4 Å². The summed E-state index contributed by atoms with van der Waals surface area (Å²) < 4.78 is 50.7. The summed E-state index contributed by atoms with van der Waals surface area (Å²) in [7, 11) is 0. The molecule has 0 aliphatic carbocycles. The standard InChI is InChI=1S/C23H17F3N4O4/c24-23(25,26)17-12-16(27-22(32)15-10-11-33-13-15)6-7-18(17)28-19(31)8-9-20-29-21(30-34-20)14-4-2-1-3-5-14/h1-7,10-13H,8-9H2,(H,27,32)(H,28,31). The Hall–Kier alpha value is -4.41. The van der Waals surface area contributed by atoms with Gasteiger partial charge in [-0.25, -0.2) is 0 Å². The summed E-state index contributed by atoms with van der Waals surface area (Å²) in [5.74, 6) is -0.765. The van der Waals surface area contributed by atoms with Crippen molar-refractivity contribution in [1.29, 1.82) is 0 Å². The van der Waals surface area contributed by atoms with Crippen molar-refractivity contribution in [3.63, 3.8) is 0 Å². The van der Waals surface area contributed by atoms with Crippen molar-refractivity contribution in [1.82, 2.24) is 10.1 Å². The van der Waals surface area contributed by atoms with Gasteiger partial charge in [0.1, 0.15) is 6.26 Å². The number of furan rings is 1. The third-order valence-electron chi connectivity index (χ3n) is 4.71. The van der Waals surface area contributed by atoms with Gasteiger partial charge in [-0.05, 0) is 24.3 Å². The number of benzene rings is 2. The number of carbonyl (C=O) groups excluding carboxylic acids is 2. The number of rotatable bonds is 7. The number of amides is 2. The molecule has 2 heterocycles. The first-order valence-electron chi connectivity index (χ1n) is 10.0. The van der Waals surface area contributed by atoms with Crippen LogP contribution in [0.2, 0.25) is 0 Å². The fraction of sp³-hybridized carbons (Fsp3) is 0.130. The second-order valence-corrected chi connectivity index (χ2v) is 7.15. The average Bonchev–Trinajstić information content (AvgIpc) is 3.51. The zero-order chi connectivity index (χ0) is 24.1. The molecule has 0 aliphatic rings. The van der Waals surface area contributed by atoms with Gasteiger partial charge in [0, 0.05) is 24.1 Å². The highest BCUT2D eigenvalue weighted by atomic mass is 19.4. The molecular weight excluding hydrogens is 453 g/mol. The number of aryl methyl sites for hydroxylation is 1. The number of nitrogens with zero attached hydrogens (tertiary/aromatic N) is 2. The summed E-state index contributed by atoms with van der Waals surface area (Å²) >= 11 is 0. The molecule has 0 fully saturated rings. The van der Waals surface area contributed by atoms with Gasteiger partial charge in [0.15, 0.2) is 0 Å². The molecule has 0 bridgehead atoms. The van der Waals surface area contributed by atoms with Gasteiger partial charge >= 0.3 is 6.18 Å². The van der Waals surface area contributed by atoms with Crippen LogP contribution in [-0.4, -0.2) is 22.0 Å². The minimum absolute atomic E-state index is 0.0475. The van der Waals surface area contributed by atoms with Crippen LogP contribution < -0.4 is 10.6 Å². The Bertz CT molecular complexity index is 1290. The largest absolute Gasteiger partial charge is 0.472 e. The molecule has 0 aliphatic heterocycles. The molecule has 4 aromatic rings. The first-order valence-corrected chi connectivity index (χ1v) is 10.0. The molecule has 2 aromatic heterocycles. The van der Waals surface area contributed by atoms with E-state index in [-0.39, 0.29) is 30.0 Å². The van der Waals surface area contributed by atoms with Crippen LogP contribution in [0, 0.1) is 0 Å². The van der Waals surface area contributed by atoms with Crippen LogP contribution in [0.4, 0.5) is 24.5 Å². The fourth-order valence-corrected chi connectivity index (χ4v) is 3.06. The van der Waals surface area contributed by atoms with Crippen molar-refractivity contribution in [2.75, 3.05) is 10.6 Å². The molecule has 11 heteroatoms. The van der Waals surface area contributed by atoms with Crippen LogP contribution in [0.3, 0.4) is 0 Å². The summed E-state index contributed by atoms with van der Waals surface area (Å²) in [5, 5.41) is 8.46. The van der Waals surface area contributed by atoms with Crippen molar-refractivity contribution in [3.8, 4) is 11.4 Å². The summed E-state index contributed by atoms with van der Waals surface area (Å²) in [6, 6.07) is 13.5. The van der Waals surface area contributed by atoms with E-state index in [4.69, 9.17) is 8.94 Å². The Balaban J connectivity index is 1.41. The molecule has 0 saturated carbocycles. The Labute approximate surface area is 190 Å². The van der Waals surface area contributed by atoms with Gasteiger partial charge in [-0.1, -0.05) is 35.5 Å². The van der Waals surface area contributed by atoms with E-state index in [1.54, 1.807) is 12.1 Å². The minimum Gasteiger partial charge on any atom is -0.472 e. The number of anilines is 2. The van der Waals surface area contributed by atoms with E-state index in [1.165, 1.54) is 24.7 Å². The molecule has 4 rings (SSSR count). The van der Waals surface area contributed by atoms with Crippen LogP contribution in [0.5, 0.6) is 0 Å². The zero-order valence-corrected chi connectivity index (χ0v) is 17.4. The Morgan fingerprint density at radius 2 is 1.79 bits per heavy atom. The molecule has 0 radical (unpaired) electrons. The quantitative estimate of drug-likeness (QED) is 0.386. The predicted molar refractivity (Wildman–Crippen MR) is 115 cm³/mol. The lowest BCUT2D eigenvalue weighted by Crippen LogP contribution is -2.18. The number of alkyl halides is 3. The van der Waals surface area contributed by atoms with Gasteiger partial charge < -0.3 is 19.6 Å². The lowest BCUT2D eigenvalue weighted by atomic mass is 10.1. The van der Waals surface area contributed by atoms with Crippen molar-refractivity contribution < 1.29 is 31.7 Å².